The molecule has 1 saturated carbocycles. The van der Waals surface area contributed by atoms with Crippen molar-refractivity contribution in [3.8, 4) is 0 Å². The molecule has 1 aliphatic heterocycles. The Kier molecular flexibility index (Phi) is 6.55. The van der Waals surface area contributed by atoms with Gasteiger partial charge in [-0.15, -0.1) is 24.0 Å². The first kappa shape index (κ1) is 18.3. The molecule has 21 heavy (non-hydrogen) atoms. The van der Waals surface area contributed by atoms with Crippen molar-refractivity contribution in [3.05, 3.63) is 0 Å². The second kappa shape index (κ2) is 7.51. The third-order valence-electron chi connectivity index (χ3n) is 3.11. The van der Waals surface area contributed by atoms with E-state index < -0.39 is 5.60 Å². The number of hydrogen-bond donors (Lipinski definition) is 2. The maximum Gasteiger partial charge on any atom is 0.410 e. The van der Waals surface area contributed by atoms with E-state index in [9.17, 15) is 4.79 Å². The maximum atomic E-state index is 11.8. The minimum Gasteiger partial charge on any atom is -0.444 e. The van der Waals surface area contributed by atoms with E-state index in [1.165, 1.54) is 12.8 Å². The highest BCUT2D eigenvalue weighted by Crippen LogP contribution is 2.19. The molecule has 0 bridgehead atoms. The Morgan fingerprint density at radius 2 is 1.81 bits per heavy atom. The molecule has 0 aromatic rings. The molecule has 2 aliphatic rings. The number of rotatable bonds is 3. The summed E-state index contributed by atoms with van der Waals surface area (Å²) in [6.07, 6.45) is 2.21. The van der Waals surface area contributed by atoms with Gasteiger partial charge < -0.3 is 20.3 Å². The van der Waals surface area contributed by atoms with Crippen molar-refractivity contribution in [1.29, 1.82) is 0 Å². The van der Waals surface area contributed by atoms with Gasteiger partial charge in [-0.3, -0.25) is 4.99 Å². The molecule has 0 aromatic heterocycles. The van der Waals surface area contributed by atoms with Gasteiger partial charge in [-0.2, -0.15) is 0 Å². The van der Waals surface area contributed by atoms with E-state index in [2.05, 4.69) is 15.6 Å². The van der Waals surface area contributed by atoms with Crippen molar-refractivity contribution in [1.82, 2.24) is 15.5 Å². The molecule has 0 radical (unpaired) electrons. The minimum absolute atomic E-state index is 0. The number of hydrogen-bond acceptors (Lipinski definition) is 3. The number of nitrogens with one attached hydrogen (secondary N) is 2. The van der Waals surface area contributed by atoms with Gasteiger partial charge in [-0.25, -0.2) is 4.79 Å². The third-order valence-corrected chi connectivity index (χ3v) is 3.11. The van der Waals surface area contributed by atoms with Crippen LogP contribution in [0.3, 0.4) is 0 Å². The topological polar surface area (TPSA) is 66.0 Å². The number of carbonyl (C=O) groups excluding carboxylic acids is 1. The van der Waals surface area contributed by atoms with Gasteiger partial charge in [0.2, 0.25) is 0 Å². The van der Waals surface area contributed by atoms with Gasteiger partial charge in [0.25, 0.3) is 0 Å². The first-order valence-electron chi connectivity index (χ1n) is 7.43. The van der Waals surface area contributed by atoms with Crippen LogP contribution in [0.4, 0.5) is 4.79 Å². The smallest absolute Gasteiger partial charge is 0.410 e. The fourth-order valence-corrected chi connectivity index (χ4v) is 1.95. The summed E-state index contributed by atoms with van der Waals surface area (Å²) in [4.78, 5) is 17.9. The van der Waals surface area contributed by atoms with Crippen LogP contribution in [-0.2, 0) is 4.74 Å². The van der Waals surface area contributed by atoms with Gasteiger partial charge in [0, 0.05) is 25.7 Å². The van der Waals surface area contributed by atoms with E-state index in [0.29, 0.717) is 19.1 Å². The van der Waals surface area contributed by atoms with Crippen LogP contribution in [0.5, 0.6) is 0 Å². The van der Waals surface area contributed by atoms with Crippen molar-refractivity contribution < 1.29 is 9.53 Å². The zero-order chi connectivity index (χ0) is 14.8. The lowest BCUT2D eigenvalue weighted by molar-refractivity contribution is 0.00700. The predicted molar refractivity (Wildman–Crippen MR) is 94.3 cm³/mol. The number of carbonyl (C=O) groups is 1. The standard InChI is InChI=1S/C14H26N4O2.HI/c1-5-15-12(16-10-6-7-10)17-11-8-18(9-11)13(19)20-14(2,3)4;/h10-11H,5-9H2,1-4H3,(H2,15,16,17);1H. The molecule has 1 aliphatic carbocycles. The Morgan fingerprint density at radius 3 is 2.29 bits per heavy atom. The molecule has 0 aromatic carbocycles. The zero-order valence-electron chi connectivity index (χ0n) is 13.3. The highest BCUT2D eigenvalue weighted by Gasteiger charge is 2.34. The van der Waals surface area contributed by atoms with E-state index in [1.807, 2.05) is 27.7 Å². The van der Waals surface area contributed by atoms with Crippen molar-refractivity contribution >= 4 is 36.0 Å². The van der Waals surface area contributed by atoms with Crippen LogP contribution in [-0.4, -0.2) is 54.3 Å². The van der Waals surface area contributed by atoms with E-state index in [0.717, 1.165) is 12.5 Å². The lowest BCUT2D eigenvalue weighted by Crippen LogP contribution is -2.63. The van der Waals surface area contributed by atoms with E-state index in [4.69, 9.17) is 4.74 Å². The normalized spacial score (nSPS) is 19.4. The van der Waals surface area contributed by atoms with Gasteiger partial charge in [0.15, 0.2) is 5.96 Å². The number of guanidine groups is 1. The van der Waals surface area contributed by atoms with Crippen molar-refractivity contribution in [2.24, 2.45) is 4.99 Å². The second-order valence-corrected chi connectivity index (χ2v) is 6.47. The fraction of sp³-hybridized carbons (Fsp3) is 0.857. The Hall–Kier alpha value is -0.730. The molecule has 1 saturated heterocycles. The summed E-state index contributed by atoms with van der Waals surface area (Å²) >= 11 is 0. The lowest BCUT2D eigenvalue weighted by Gasteiger charge is -2.40. The molecule has 1 amide bonds. The van der Waals surface area contributed by atoms with Gasteiger partial charge in [-0.05, 0) is 40.5 Å². The number of amides is 1. The molecule has 7 heteroatoms. The van der Waals surface area contributed by atoms with Crippen molar-refractivity contribution in [2.45, 2.75) is 58.2 Å². The second-order valence-electron chi connectivity index (χ2n) is 6.47. The molecular weight excluding hydrogens is 383 g/mol. The van der Waals surface area contributed by atoms with Crippen molar-refractivity contribution in [3.63, 3.8) is 0 Å². The van der Waals surface area contributed by atoms with Crippen LogP contribution in [0.1, 0.15) is 40.5 Å². The van der Waals surface area contributed by atoms with E-state index in [1.54, 1.807) is 4.90 Å². The number of aliphatic imine (C=N–C) groups is 1. The molecule has 2 rings (SSSR count). The summed E-state index contributed by atoms with van der Waals surface area (Å²) in [5.74, 6) is 0.865. The van der Waals surface area contributed by atoms with Crippen LogP contribution in [0.25, 0.3) is 0 Å². The van der Waals surface area contributed by atoms with E-state index in [-0.39, 0.29) is 36.1 Å². The molecule has 6 nitrogen and oxygen atoms in total. The van der Waals surface area contributed by atoms with Crippen LogP contribution in [0, 0.1) is 0 Å². The van der Waals surface area contributed by atoms with Crippen LogP contribution < -0.4 is 10.6 Å². The van der Waals surface area contributed by atoms with Crippen LogP contribution in [0.15, 0.2) is 4.99 Å². The molecule has 2 fully saturated rings. The summed E-state index contributed by atoms with van der Waals surface area (Å²) < 4.78 is 5.33. The van der Waals surface area contributed by atoms with Crippen LogP contribution >= 0.6 is 24.0 Å². The summed E-state index contributed by atoms with van der Waals surface area (Å²) in [6.45, 7) is 9.76. The Labute approximate surface area is 144 Å². The Morgan fingerprint density at radius 1 is 1.24 bits per heavy atom. The molecule has 1 heterocycles. The summed E-state index contributed by atoms with van der Waals surface area (Å²) in [7, 11) is 0. The van der Waals surface area contributed by atoms with Crippen molar-refractivity contribution in [2.75, 3.05) is 19.6 Å². The van der Waals surface area contributed by atoms with Gasteiger partial charge in [0.05, 0.1) is 6.04 Å². The Balaban J connectivity index is 0.00000220. The monoisotopic (exact) mass is 410 g/mol. The summed E-state index contributed by atoms with van der Waals surface area (Å²) in [5, 5.41) is 6.74. The molecule has 0 atom stereocenters. The molecular formula is C14H27IN4O2. The SMILES string of the molecule is CCN=C(NC1CC1)NC1CN(C(=O)OC(C)(C)C)C1.I. The van der Waals surface area contributed by atoms with Crippen LogP contribution in [0.2, 0.25) is 0 Å². The quantitative estimate of drug-likeness (QED) is 0.424. The Bertz CT molecular complexity index is 385. The summed E-state index contributed by atoms with van der Waals surface area (Å²) in [5.41, 5.74) is -0.433. The molecule has 122 valence electrons. The fourth-order valence-electron chi connectivity index (χ4n) is 1.95. The largest absolute Gasteiger partial charge is 0.444 e. The van der Waals surface area contributed by atoms with Gasteiger partial charge >= 0.3 is 6.09 Å². The molecule has 0 spiro atoms. The van der Waals surface area contributed by atoms with Gasteiger partial charge in [0.1, 0.15) is 5.60 Å². The predicted octanol–water partition coefficient (Wildman–Crippen LogP) is 1.94. The minimum atomic E-state index is -0.433. The zero-order valence-corrected chi connectivity index (χ0v) is 15.6. The highest BCUT2D eigenvalue weighted by atomic mass is 127. The molecule has 2 N–H and O–H groups in total. The number of ether oxygens (including phenoxy) is 1. The third kappa shape index (κ3) is 6.27. The number of nitrogens with zero attached hydrogens (tertiary/aromatic N) is 2. The number of likely N-dealkylation sites (tertiary alicyclic amines) is 1. The first-order valence-corrected chi connectivity index (χ1v) is 7.43. The number of halogens is 1. The first-order chi connectivity index (χ1) is 9.37. The molecule has 0 unspecified atom stereocenters. The maximum absolute atomic E-state index is 11.8. The van der Waals surface area contributed by atoms with Gasteiger partial charge in [-0.1, -0.05) is 0 Å². The summed E-state index contributed by atoms with van der Waals surface area (Å²) in [6, 6.07) is 0.842. The van der Waals surface area contributed by atoms with E-state index >= 15 is 0 Å². The highest BCUT2D eigenvalue weighted by molar-refractivity contribution is 14.0. The lowest BCUT2D eigenvalue weighted by atomic mass is 10.1. The average Bonchev–Trinajstić information content (AvgIpc) is 3.03. The average molecular weight is 410 g/mol.